The molecule has 2 N–H and O–H groups in total. The molecule has 0 aromatic rings. The lowest BCUT2D eigenvalue weighted by molar-refractivity contribution is -0.284. The van der Waals surface area contributed by atoms with E-state index in [1.165, 1.54) is 27.7 Å². The topological polar surface area (TPSA) is 184 Å². The Morgan fingerprint density at radius 1 is 0.735 bits per heavy atom. The smallest absolute Gasteiger partial charge is 0.338 e. The fourth-order valence-corrected chi connectivity index (χ4v) is 13.6. The van der Waals surface area contributed by atoms with Crippen LogP contribution in [0.5, 0.6) is 0 Å². The number of epoxide rings is 1. The average molecular weight is 689 g/mol. The third-order valence-corrected chi connectivity index (χ3v) is 15.1. The Kier molecular flexibility index (Phi) is 6.93. The number of rotatable bonds is 4. The number of ether oxygens (including phenoxy) is 6. The van der Waals surface area contributed by atoms with Gasteiger partial charge in [0.05, 0.1) is 11.5 Å². The second kappa shape index (κ2) is 10.2. The molecule has 2 unspecified atom stereocenters. The minimum Gasteiger partial charge on any atom is -0.462 e. The van der Waals surface area contributed by atoms with Gasteiger partial charge in [0.25, 0.3) is 0 Å². The molecular weight excluding hydrogens is 640 g/mol. The molecule has 8 fully saturated rings. The largest absolute Gasteiger partial charge is 0.462 e. The van der Waals surface area contributed by atoms with Gasteiger partial charge in [-0.15, -0.1) is 0 Å². The Labute approximate surface area is 285 Å². The number of carbonyl (C=O) groups excluding carboxylic acids is 5. The highest BCUT2D eigenvalue weighted by Crippen LogP contribution is 2.80. The molecule has 0 radical (unpaired) electrons. The molecule has 0 bridgehead atoms. The third kappa shape index (κ3) is 3.95. The van der Waals surface area contributed by atoms with Gasteiger partial charge in [-0.05, 0) is 61.7 Å². The van der Waals surface area contributed by atoms with Gasteiger partial charge in [0.15, 0.2) is 6.10 Å². The molecular formula is C36H48O13. The SMILES string of the molecule is CC(=O)O[C@H]1[C@@H]2[C@H]([C@H](C)[C@H]3O[C@]34OC(=O)[C@@H](O)[C@]24C)[C@]2(C)[C@@H]1C1C([C@H](OC(C)=O)[C@@H]2OC(C)=O)[C@]2(C)[C@H](C[C@@H]3C[C@@H]3[C@@H]2OC(C)=O)C[C@@H]1O. The van der Waals surface area contributed by atoms with Crippen LogP contribution in [0, 0.1) is 69.5 Å². The van der Waals surface area contributed by atoms with Crippen molar-refractivity contribution in [2.45, 2.75) is 123 Å². The number of carbonyl (C=O) groups is 5. The standard InChI is InChI=1S/C36H48O13/c1-12-22-25(35(8)28(42)32(43)49-36(35)29(12)48-36)26(44-13(2)37)23-21-20(41)11-18-9-17-10-19(17)30(46-15(4)39)33(18,6)24(21)27(45-14(3)38)31(34(22,23)7)47-16(5)40/h12,17-31,41-42H,9-11H2,1-8H3/t12-,17+,18+,19-,20-,21?,22-,23+,24?,25-,26+,27-,28+,29+,30-,31-,33-,34+,35-,36-/m0/s1. The van der Waals surface area contributed by atoms with Crippen molar-refractivity contribution in [3.63, 3.8) is 0 Å². The second-order valence-electron chi connectivity index (χ2n) is 17.2. The maximum Gasteiger partial charge on any atom is 0.338 e. The van der Waals surface area contributed by atoms with Crippen molar-refractivity contribution in [1.29, 1.82) is 0 Å². The molecule has 13 nitrogen and oxygen atoms in total. The minimum atomic E-state index is -1.61. The second-order valence-corrected chi connectivity index (χ2v) is 17.2. The Hall–Kier alpha value is -2.77. The fourth-order valence-electron chi connectivity index (χ4n) is 13.6. The summed E-state index contributed by atoms with van der Waals surface area (Å²) in [5, 5.41) is 24.0. The first-order valence-electron chi connectivity index (χ1n) is 17.8. The minimum absolute atomic E-state index is 0.0924. The summed E-state index contributed by atoms with van der Waals surface area (Å²) in [4.78, 5) is 65.2. The van der Waals surface area contributed by atoms with Crippen LogP contribution in [0.4, 0.5) is 0 Å². The van der Waals surface area contributed by atoms with Gasteiger partial charge in [-0.1, -0.05) is 20.8 Å². The van der Waals surface area contributed by atoms with Crippen molar-refractivity contribution < 1.29 is 62.6 Å². The molecule has 6 aliphatic carbocycles. The molecule has 0 aromatic carbocycles. The quantitative estimate of drug-likeness (QED) is 0.248. The lowest BCUT2D eigenvalue weighted by atomic mass is 9.41. The highest BCUT2D eigenvalue weighted by atomic mass is 16.8. The molecule has 20 atom stereocenters. The first kappa shape index (κ1) is 33.4. The van der Waals surface area contributed by atoms with Crippen molar-refractivity contribution >= 4 is 29.8 Å². The molecule has 8 aliphatic rings. The van der Waals surface area contributed by atoms with Crippen molar-refractivity contribution in [2.24, 2.45) is 69.5 Å². The Bertz CT molecular complexity index is 1530. The number of aliphatic hydroxyl groups is 2. The summed E-state index contributed by atoms with van der Waals surface area (Å²) in [5.74, 6) is -7.91. The summed E-state index contributed by atoms with van der Waals surface area (Å²) < 4.78 is 37.1. The van der Waals surface area contributed by atoms with E-state index in [9.17, 15) is 34.2 Å². The highest BCUT2D eigenvalue weighted by molar-refractivity contribution is 5.80. The van der Waals surface area contributed by atoms with Gasteiger partial charge < -0.3 is 38.6 Å². The number of hydrogen-bond donors (Lipinski definition) is 2. The number of esters is 5. The predicted octanol–water partition coefficient (Wildman–Crippen LogP) is 1.92. The van der Waals surface area contributed by atoms with Crippen molar-refractivity contribution in [1.82, 2.24) is 0 Å². The molecule has 49 heavy (non-hydrogen) atoms. The highest BCUT2D eigenvalue weighted by Gasteiger charge is 2.91. The Morgan fingerprint density at radius 2 is 1.31 bits per heavy atom. The van der Waals surface area contributed by atoms with Gasteiger partial charge in [-0.3, -0.25) is 19.2 Å². The third-order valence-electron chi connectivity index (χ3n) is 15.1. The van der Waals surface area contributed by atoms with Crippen LogP contribution in [0.3, 0.4) is 0 Å². The summed E-state index contributed by atoms with van der Waals surface area (Å²) in [6.45, 7) is 12.9. The number of hydrogen-bond acceptors (Lipinski definition) is 13. The van der Waals surface area contributed by atoms with Gasteiger partial charge in [0.2, 0.25) is 5.79 Å². The molecule has 6 saturated carbocycles. The van der Waals surface area contributed by atoms with Crippen molar-refractivity contribution in [3.8, 4) is 0 Å². The Balaban J connectivity index is 1.39. The monoisotopic (exact) mass is 688 g/mol. The summed E-state index contributed by atoms with van der Waals surface area (Å²) >= 11 is 0. The van der Waals surface area contributed by atoms with Crippen molar-refractivity contribution in [3.05, 3.63) is 0 Å². The van der Waals surface area contributed by atoms with Crippen LogP contribution in [0.15, 0.2) is 0 Å². The maximum absolute atomic E-state index is 13.1. The van der Waals surface area contributed by atoms with Gasteiger partial charge in [0.1, 0.15) is 30.5 Å². The Morgan fingerprint density at radius 3 is 1.92 bits per heavy atom. The average Bonchev–Trinajstić information content (AvgIpc) is 3.89. The molecule has 0 amide bonds. The van der Waals surface area contributed by atoms with E-state index in [0.29, 0.717) is 12.3 Å². The number of fused-ring (bicyclic) bond motifs is 9. The molecule has 2 aliphatic heterocycles. The molecule has 2 heterocycles. The van der Waals surface area contributed by atoms with E-state index >= 15 is 0 Å². The summed E-state index contributed by atoms with van der Waals surface area (Å²) in [6, 6.07) is 0. The lowest BCUT2D eigenvalue weighted by Crippen LogP contribution is -2.72. The molecule has 1 spiro atoms. The molecule has 0 aromatic heterocycles. The zero-order valence-electron chi connectivity index (χ0n) is 29.2. The van der Waals surface area contributed by atoms with Crippen LogP contribution in [0.1, 0.15) is 74.7 Å². The van der Waals surface area contributed by atoms with Crippen molar-refractivity contribution in [2.75, 3.05) is 0 Å². The maximum atomic E-state index is 13.1. The van der Waals surface area contributed by atoms with Crippen LogP contribution in [0.25, 0.3) is 0 Å². The first-order valence-corrected chi connectivity index (χ1v) is 17.8. The molecule has 8 rings (SSSR count). The van der Waals surface area contributed by atoms with E-state index in [1.54, 1.807) is 6.92 Å². The van der Waals surface area contributed by atoms with Gasteiger partial charge in [-0.25, -0.2) is 4.79 Å². The van der Waals surface area contributed by atoms with E-state index in [1.807, 2.05) is 20.8 Å². The molecule has 13 heteroatoms. The first-order chi connectivity index (χ1) is 22.8. The van der Waals surface area contributed by atoms with Gasteiger partial charge in [-0.2, -0.15) is 0 Å². The van der Waals surface area contributed by atoms with Gasteiger partial charge in [0, 0.05) is 56.3 Å². The van der Waals surface area contributed by atoms with Crippen LogP contribution in [-0.4, -0.2) is 88.6 Å². The normalized spacial score (nSPS) is 56.9. The van der Waals surface area contributed by atoms with E-state index in [0.717, 1.165) is 12.8 Å². The van der Waals surface area contributed by atoms with Gasteiger partial charge >= 0.3 is 29.8 Å². The molecule has 270 valence electrons. The molecule has 2 saturated heterocycles. The summed E-state index contributed by atoms with van der Waals surface area (Å²) in [6.07, 6.45) is -4.83. The zero-order valence-corrected chi connectivity index (χ0v) is 29.2. The van der Waals surface area contributed by atoms with E-state index in [-0.39, 0.29) is 17.8 Å². The van der Waals surface area contributed by atoms with E-state index in [2.05, 4.69) is 0 Å². The van der Waals surface area contributed by atoms with E-state index < -0.39 is 124 Å². The number of aliphatic hydroxyl groups excluding tert-OH is 2. The van der Waals surface area contributed by atoms with Crippen LogP contribution in [-0.2, 0) is 52.4 Å². The van der Waals surface area contributed by atoms with E-state index in [4.69, 9.17) is 28.4 Å². The van der Waals surface area contributed by atoms with Crippen LogP contribution >= 0.6 is 0 Å². The fraction of sp³-hybridized carbons (Fsp3) is 0.861. The van der Waals surface area contributed by atoms with Crippen LogP contribution < -0.4 is 0 Å². The summed E-state index contributed by atoms with van der Waals surface area (Å²) in [5.41, 5.74) is -3.34. The zero-order chi connectivity index (χ0) is 35.5. The van der Waals surface area contributed by atoms with Crippen LogP contribution in [0.2, 0.25) is 0 Å². The predicted molar refractivity (Wildman–Crippen MR) is 163 cm³/mol. The lowest BCUT2D eigenvalue weighted by Gasteiger charge is -2.66. The summed E-state index contributed by atoms with van der Waals surface area (Å²) in [7, 11) is 0.